The number of carbonyl (C=O) groups excluding carboxylic acids is 1. The second-order valence-electron chi connectivity index (χ2n) is 6.87. The highest BCUT2D eigenvalue weighted by Gasteiger charge is 2.18. The second-order valence-corrected chi connectivity index (χ2v) is 9.55. The Morgan fingerprint density at radius 2 is 1.72 bits per heavy atom. The predicted molar refractivity (Wildman–Crippen MR) is 125 cm³/mol. The summed E-state index contributed by atoms with van der Waals surface area (Å²) in [7, 11) is -3.85. The van der Waals surface area contributed by atoms with Crippen LogP contribution in [0.4, 0.5) is 11.4 Å². The third kappa shape index (κ3) is 5.94. The fourth-order valence-corrected chi connectivity index (χ4v) is 4.34. The summed E-state index contributed by atoms with van der Waals surface area (Å²) in [6.45, 7) is 0.170. The van der Waals surface area contributed by atoms with Crippen molar-refractivity contribution < 1.29 is 23.1 Å². The maximum atomic E-state index is 12.6. The lowest BCUT2D eigenvalue weighted by Gasteiger charge is -2.11. The molecule has 0 atom stereocenters. The van der Waals surface area contributed by atoms with E-state index in [9.17, 15) is 23.1 Å². The minimum absolute atomic E-state index is 0.0725. The van der Waals surface area contributed by atoms with Crippen LogP contribution in [0, 0.1) is 0 Å². The number of nitrogens with two attached hydrogens (primary N) is 1. The van der Waals surface area contributed by atoms with Crippen molar-refractivity contribution >= 4 is 49.2 Å². The number of carbonyl (C=O) groups is 2. The Bertz CT molecular complexity index is 1260. The van der Waals surface area contributed by atoms with Gasteiger partial charge in [0.1, 0.15) is 0 Å². The van der Waals surface area contributed by atoms with Crippen LogP contribution in [0.5, 0.6) is 0 Å². The van der Waals surface area contributed by atoms with Gasteiger partial charge >= 0.3 is 5.97 Å². The monoisotopic (exact) mass is 517 g/mol. The first-order valence-electron chi connectivity index (χ1n) is 9.44. The Hall–Kier alpha value is -3.21. The summed E-state index contributed by atoms with van der Waals surface area (Å²) < 4.78 is 28.3. The van der Waals surface area contributed by atoms with Crippen molar-refractivity contribution in [1.29, 1.82) is 0 Å². The Morgan fingerprint density at radius 3 is 2.41 bits per heavy atom. The molecule has 0 fully saturated rings. The molecule has 0 spiro atoms. The van der Waals surface area contributed by atoms with Crippen LogP contribution in [-0.4, -0.2) is 31.9 Å². The molecule has 0 aromatic heterocycles. The van der Waals surface area contributed by atoms with Crippen molar-refractivity contribution in [2.24, 2.45) is 0 Å². The van der Waals surface area contributed by atoms with Gasteiger partial charge in [-0.05, 0) is 60.5 Å². The number of carboxylic acid groups (broad SMARTS) is 1. The lowest BCUT2D eigenvalue weighted by atomic mass is 10.1. The highest BCUT2D eigenvalue weighted by Crippen LogP contribution is 2.22. The number of carboxylic acids is 1. The zero-order chi connectivity index (χ0) is 23.3. The quantitative estimate of drug-likeness (QED) is 0.337. The number of halogens is 1. The first kappa shape index (κ1) is 23.5. The molecular weight excluding hydrogens is 498 g/mol. The van der Waals surface area contributed by atoms with E-state index in [2.05, 4.69) is 26.0 Å². The van der Waals surface area contributed by atoms with Crippen molar-refractivity contribution in [1.82, 2.24) is 4.72 Å². The lowest BCUT2D eigenvalue weighted by molar-refractivity contribution is 0.0698. The average molecular weight is 518 g/mol. The molecule has 3 rings (SSSR count). The number of sulfonamides is 1. The highest BCUT2D eigenvalue weighted by molar-refractivity contribution is 9.10. The van der Waals surface area contributed by atoms with Crippen molar-refractivity contribution in [2.75, 3.05) is 17.6 Å². The summed E-state index contributed by atoms with van der Waals surface area (Å²) in [4.78, 5) is 24.0. The Morgan fingerprint density at radius 1 is 1.00 bits per heavy atom. The highest BCUT2D eigenvalue weighted by atomic mass is 79.9. The van der Waals surface area contributed by atoms with Gasteiger partial charge in [0.2, 0.25) is 10.0 Å². The van der Waals surface area contributed by atoms with Crippen LogP contribution >= 0.6 is 15.9 Å². The van der Waals surface area contributed by atoms with E-state index >= 15 is 0 Å². The van der Waals surface area contributed by atoms with Crippen LogP contribution in [-0.2, 0) is 16.4 Å². The summed E-state index contributed by atoms with van der Waals surface area (Å²) in [5, 5.41) is 11.9. The van der Waals surface area contributed by atoms with Crippen molar-refractivity contribution in [3.63, 3.8) is 0 Å². The maximum absolute atomic E-state index is 12.6. The number of nitrogens with one attached hydrogen (secondary N) is 2. The van der Waals surface area contributed by atoms with Gasteiger partial charge in [-0.1, -0.05) is 34.1 Å². The Balaban J connectivity index is 1.72. The zero-order valence-electron chi connectivity index (χ0n) is 16.7. The van der Waals surface area contributed by atoms with E-state index in [1.807, 2.05) is 12.1 Å². The third-order valence-corrected chi connectivity index (χ3v) is 6.50. The number of hydrogen-bond donors (Lipinski definition) is 4. The number of benzene rings is 3. The van der Waals surface area contributed by atoms with Gasteiger partial charge in [-0.3, -0.25) is 4.79 Å². The first-order chi connectivity index (χ1) is 15.2. The van der Waals surface area contributed by atoms with Gasteiger partial charge in [0.25, 0.3) is 5.91 Å². The topological polar surface area (TPSA) is 139 Å². The second kappa shape index (κ2) is 9.94. The van der Waals surface area contributed by atoms with Gasteiger partial charge in [-0.2, -0.15) is 0 Å². The van der Waals surface area contributed by atoms with Gasteiger partial charge in [0.15, 0.2) is 0 Å². The number of rotatable bonds is 8. The normalized spacial score (nSPS) is 11.2. The third-order valence-electron chi connectivity index (χ3n) is 4.55. The minimum atomic E-state index is -3.85. The molecule has 166 valence electrons. The number of amides is 1. The molecule has 0 saturated heterocycles. The summed E-state index contributed by atoms with van der Waals surface area (Å²) >= 11 is 3.19. The molecule has 8 nitrogen and oxygen atoms in total. The van der Waals surface area contributed by atoms with E-state index in [0.717, 1.165) is 5.56 Å². The van der Waals surface area contributed by atoms with E-state index in [1.54, 1.807) is 18.2 Å². The zero-order valence-corrected chi connectivity index (χ0v) is 19.1. The fourth-order valence-electron chi connectivity index (χ4n) is 2.90. The fraction of sp³-hybridized carbons (Fsp3) is 0.0909. The maximum Gasteiger partial charge on any atom is 0.337 e. The summed E-state index contributed by atoms with van der Waals surface area (Å²) in [6, 6.07) is 17.0. The van der Waals surface area contributed by atoms with Crippen molar-refractivity contribution in [3.05, 3.63) is 87.9 Å². The van der Waals surface area contributed by atoms with Crippen LogP contribution in [0.1, 0.15) is 26.3 Å². The Kier molecular flexibility index (Phi) is 7.29. The molecule has 0 aliphatic carbocycles. The van der Waals surface area contributed by atoms with Gasteiger partial charge in [0.05, 0.1) is 16.1 Å². The van der Waals surface area contributed by atoms with E-state index < -0.39 is 21.9 Å². The van der Waals surface area contributed by atoms with Gasteiger partial charge in [-0.15, -0.1) is 0 Å². The summed E-state index contributed by atoms with van der Waals surface area (Å²) in [5.41, 5.74) is 7.28. The van der Waals surface area contributed by atoms with Crippen LogP contribution in [0.2, 0.25) is 0 Å². The van der Waals surface area contributed by atoms with Gasteiger partial charge in [0, 0.05) is 22.3 Å². The van der Waals surface area contributed by atoms with Crippen molar-refractivity contribution in [2.45, 2.75) is 11.3 Å². The SMILES string of the molecule is Nc1ccc(CCNS(=O)(=O)c2cccc(C(=O)Nc3ccc(Br)cc3C(=O)O)c2)cc1. The summed E-state index contributed by atoms with van der Waals surface area (Å²) in [5.74, 6) is -1.84. The molecule has 0 radical (unpaired) electrons. The first-order valence-corrected chi connectivity index (χ1v) is 11.7. The molecule has 0 heterocycles. The standard InChI is InChI=1S/C22H20BrN3O5S/c23-16-6-9-20(19(13-16)22(28)29)26-21(27)15-2-1-3-18(12-15)32(30,31)25-11-10-14-4-7-17(24)8-5-14/h1-9,12-13,25H,10-11,24H2,(H,26,27)(H,28,29). The minimum Gasteiger partial charge on any atom is -0.478 e. The molecule has 0 bridgehead atoms. The predicted octanol–water partition coefficient (Wildman–Crippen LogP) is 3.50. The van der Waals surface area contributed by atoms with Gasteiger partial charge < -0.3 is 16.2 Å². The van der Waals surface area contributed by atoms with E-state index in [0.29, 0.717) is 16.6 Å². The Labute approximate surface area is 193 Å². The van der Waals surface area contributed by atoms with Crippen LogP contribution in [0.3, 0.4) is 0 Å². The molecule has 3 aromatic carbocycles. The molecule has 0 aliphatic rings. The molecule has 5 N–H and O–H groups in total. The molecule has 10 heteroatoms. The molecule has 0 unspecified atom stereocenters. The van der Waals surface area contributed by atoms with Crippen LogP contribution in [0.15, 0.2) is 76.1 Å². The number of nitrogen functional groups attached to an aromatic ring is 1. The van der Waals surface area contributed by atoms with Crippen LogP contribution in [0.25, 0.3) is 0 Å². The number of aromatic carboxylic acids is 1. The van der Waals surface area contributed by atoms with Crippen LogP contribution < -0.4 is 15.8 Å². The largest absolute Gasteiger partial charge is 0.478 e. The molecule has 32 heavy (non-hydrogen) atoms. The number of anilines is 2. The molecular formula is C22H20BrN3O5S. The smallest absolute Gasteiger partial charge is 0.337 e. The van der Waals surface area contributed by atoms with E-state index in [1.165, 1.54) is 36.4 Å². The summed E-state index contributed by atoms with van der Waals surface area (Å²) in [6.07, 6.45) is 0.473. The molecule has 0 aliphatic heterocycles. The van der Waals surface area contributed by atoms with E-state index in [4.69, 9.17) is 5.73 Å². The molecule has 1 amide bonds. The molecule has 3 aromatic rings. The van der Waals surface area contributed by atoms with Crippen molar-refractivity contribution in [3.8, 4) is 0 Å². The van der Waals surface area contributed by atoms with Gasteiger partial charge in [-0.25, -0.2) is 17.9 Å². The average Bonchev–Trinajstić information content (AvgIpc) is 2.76. The lowest BCUT2D eigenvalue weighted by Crippen LogP contribution is -2.26. The molecule has 0 saturated carbocycles. The number of hydrogen-bond acceptors (Lipinski definition) is 5. The van der Waals surface area contributed by atoms with E-state index in [-0.39, 0.29) is 28.3 Å².